The van der Waals surface area contributed by atoms with Crippen LogP contribution in [0.1, 0.15) is 42.1 Å². The molecule has 2 aromatic rings. The van der Waals surface area contributed by atoms with Crippen LogP contribution in [0.3, 0.4) is 0 Å². The molecule has 138 valence electrons. The summed E-state index contributed by atoms with van der Waals surface area (Å²) in [4.78, 5) is 17.1. The van der Waals surface area contributed by atoms with Crippen molar-refractivity contribution in [1.82, 2.24) is 4.90 Å². The number of rotatable bonds is 6. The van der Waals surface area contributed by atoms with Crippen LogP contribution in [0.25, 0.3) is 0 Å². The Kier molecular flexibility index (Phi) is 5.82. The lowest BCUT2D eigenvalue weighted by molar-refractivity contribution is 0.0791. The second kappa shape index (κ2) is 8.26. The van der Waals surface area contributed by atoms with Gasteiger partial charge in [0.05, 0.1) is 7.11 Å². The molecule has 1 aliphatic rings. The van der Waals surface area contributed by atoms with E-state index in [1.54, 1.807) is 7.11 Å². The molecule has 1 amide bonds. The average Bonchev–Trinajstić information content (AvgIpc) is 3.19. The second-order valence-electron chi connectivity index (χ2n) is 6.73. The maximum absolute atomic E-state index is 12.8. The zero-order valence-electron chi connectivity index (χ0n) is 15.9. The van der Waals surface area contributed by atoms with E-state index < -0.39 is 0 Å². The first-order chi connectivity index (χ1) is 12.7. The van der Waals surface area contributed by atoms with Gasteiger partial charge in [0, 0.05) is 43.3 Å². The van der Waals surface area contributed by atoms with Crippen LogP contribution in [0.5, 0.6) is 5.75 Å². The van der Waals surface area contributed by atoms with Gasteiger partial charge >= 0.3 is 0 Å². The molecule has 1 fully saturated rings. The van der Waals surface area contributed by atoms with Crippen molar-refractivity contribution in [3.8, 4) is 5.75 Å². The van der Waals surface area contributed by atoms with E-state index in [-0.39, 0.29) is 5.91 Å². The standard InChI is InChI=1S/C22H28N2O2/c1-4-23(5-2)20-10-6-18(7-11-20)22(25)24-15-14-19(16-24)17-8-12-21(26-3)13-9-17/h6-13,19H,4-5,14-16H2,1-3H3. The van der Waals surface area contributed by atoms with Crippen molar-refractivity contribution in [2.75, 3.05) is 38.2 Å². The fraction of sp³-hybridized carbons (Fsp3) is 0.409. The van der Waals surface area contributed by atoms with Crippen LogP contribution >= 0.6 is 0 Å². The van der Waals surface area contributed by atoms with Crippen molar-refractivity contribution in [3.63, 3.8) is 0 Å². The number of carbonyl (C=O) groups excluding carboxylic acids is 1. The molecule has 3 rings (SSSR count). The Labute approximate surface area is 156 Å². The molecule has 0 saturated carbocycles. The van der Waals surface area contributed by atoms with Gasteiger partial charge in [0.2, 0.25) is 0 Å². The molecule has 2 aromatic carbocycles. The molecule has 1 heterocycles. The summed E-state index contributed by atoms with van der Waals surface area (Å²) in [6.07, 6.45) is 1.01. The molecule has 4 heteroatoms. The van der Waals surface area contributed by atoms with Crippen molar-refractivity contribution in [2.45, 2.75) is 26.2 Å². The Morgan fingerprint density at radius 1 is 1.08 bits per heavy atom. The summed E-state index contributed by atoms with van der Waals surface area (Å²) < 4.78 is 5.22. The Balaban J connectivity index is 1.65. The molecule has 26 heavy (non-hydrogen) atoms. The number of likely N-dealkylation sites (tertiary alicyclic amines) is 1. The molecule has 1 saturated heterocycles. The summed E-state index contributed by atoms with van der Waals surface area (Å²) >= 11 is 0. The van der Waals surface area contributed by atoms with Gasteiger partial charge in [-0.15, -0.1) is 0 Å². The quantitative estimate of drug-likeness (QED) is 0.782. The van der Waals surface area contributed by atoms with Gasteiger partial charge < -0.3 is 14.5 Å². The minimum absolute atomic E-state index is 0.132. The van der Waals surface area contributed by atoms with Gasteiger partial charge in [0.15, 0.2) is 0 Å². The summed E-state index contributed by atoms with van der Waals surface area (Å²) in [7, 11) is 1.68. The van der Waals surface area contributed by atoms with Gasteiger partial charge in [0.1, 0.15) is 5.75 Å². The minimum atomic E-state index is 0.132. The third-order valence-electron chi connectivity index (χ3n) is 5.31. The first kappa shape index (κ1) is 18.3. The normalized spacial score (nSPS) is 16.6. The predicted molar refractivity (Wildman–Crippen MR) is 106 cm³/mol. The first-order valence-electron chi connectivity index (χ1n) is 9.44. The number of hydrogen-bond acceptors (Lipinski definition) is 3. The number of amides is 1. The molecule has 0 aromatic heterocycles. The maximum Gasteiger partial charge on any atom is 0.253 e. The second-order valence-corrected chi connectivity index (χ2v) is 6.73. The summed E-state index contributed by atoms with van der Waals surface area (Å²) in [5, 5.41) is 0. The number of hydrogen-bond donors (Lipinski definition) is 0. The number of anilines is 1. The van der Waals surface area contributed by atoms with Crippen LogP contribution in [-0.2, 0) is 0 Å². The van der Waals surface area contributed by atoms with Crippen molar-refractivity contribution in [1.29, 1.82) is 0 Å². The smallest absolute Gasteiger partial charge is 0.253 e. The van der Waals surface area contributed by atoms with E-state index in [9.17, 15) is 4.79 Å². The summed E-state index contributed by atoms with van der Waals surface area (Å²) in [5.74, 6) is 1.40. The molecular weight excluding hydrogens is 324 g/mol. The zero-order chi connectivity index (χ0) is 18.5. The van der Waals surface area contributed by atoms with Crippen LogP contribution in [-0.4, -0.2) is 44.1 Å². The van der Waals surface area contributed by atoms with Gasteiger partial charge in [-0.3, -0.25) is 4.79 Å². The third kappa shape index (κ3) is 3.85. The SMILES string of the molecule is CCN(CC)c1ccc(C(=O)N2CCC(c3ccc(OC)cc3)C2)cc1. The highest BCUT2D eigenvalue weighted by Crippen LogP contribution is 2.29. The molecule has 0 N–H and O–H groups in total. The molecule has 1 unspecified atom stereocenters. The van der Waals surface area contributed by atoms with Crippen molar-refractivity contribution in [3.05, 3.63) is 59.7 Å². The summed E-state index contributed by atoms with van der Waals surface area (Å²) in [6.45, 7) is 7.83. The van der Waals surface area contributed by atoms with E-state index >= 15 is 0 Å². The number of ether oxygens (including phenoxy) is 1. The van der Waals surface area contributed by atoms with Gasteiger partial charge in [0.25, 0.3) is 5.91 Å². The lowest BCUT2D eigenvalue weighted by Gasteiger charge is -2.22. The molecule has 0 radical (unpaired) electrons. The van der Waals surface area contributed by atoms with E-state index in [2.05, 4.69) is 43.0 Å². The van der Waals surface area contributed by atoms with Crippen LogP contribution in [0.2, 0.25) is 0 Å². The number of methoxy groups -OCH3 is 1. The summed E-state index contributed by atoms with van der Waals surface area (Å²) in [5.41, 5.74) is 3.22. The van der Waals surface area contributed by atoms with Gasteiger partial charge in [-0.1, -0.05) is 12.1 Å². The molecule has 0 spiro atoms. The van der Waals surface area contributed by atoms with Crippen molar-refractivity contribution in [2.24, 2.45) is 0 Å². The zero-order valence-corrected chi connectivity index (χ0v) is 15.9. The minimum Gasteiger partial charge on any atom is -0.497 e. The largest absolute Gasteiger partial charge is 0.497 e. The lowest BCUT2D eigenvalue weighted by atomic mass is 9.98. The van der Waals surface area contributed by atoms with E-state index in [1.165, 1.54) is 11.3 Å². The Hall–Kier alpha value is -2.49. The fourth-order valence-electron chi connectivity index (χ4n) is 3.68. The van der Waals surface area contributed by atoms with Gasteiger partial charge in [-0.25, -0.2) is 0 Å². The van der Waals surface area contributed by atoms with E-state index in [0.29, 0.717) is 5.92 Å². The highest BCUT2D eigenvalue weighted by atomic mass is 16.5. The molecule has 4 nitrogen and oxygen atoms in total. The van der Waals surface area contributed by atoms with Crippen LogP contribution in [0, 0.1) is 0 Å². The Morgan fingerprint density at radius 2 is 1.73 bits per heavy atom. The topological polar surface area (TPSA) is 32.8 Å². The lowest BCUT2D eigenvalue weighted by Crippen LogP contribution is -2.28. The Morgan fingerprint density at radius 3 is 2.31 bits per heavy atom. The maximum atomic E-state index is 12.8. The molecule has 0 bridgehead atoms. The monoisotopic (exact) mass is 352 g/mol. The van der Waals surface area contributed by atoms with E-state index in [1.807, 2.05) is 29.2 Å². The average molecular weight is 352 g/mol. The highest BCUT2D eigenvalue weighted by molar-refractivity contribution is 5.94. The van der Waals surface area contributed by atoms with E-state index in [4.69, 9.17) is 4.74 Å². The number of benzene rings is 2. The van der Waals surface area contributed by atoms with Gasteiger partial charge in [-0.2, -0.15) is 0 Å². The number of carbonyl (C=O) groups is 1. The number of nitrogens with zero attached hydrogens (tertiary/aromatic N) is 2. The Bertz CT molecular complexity index is 721. The van der Waals surface area contributed by atoms with Crippen LogP contribution in [0.15, 0.2) is 48.5 Å². The summed E-state index contributed by atoms with van der Waals surface area (Å²) in [6, 6.07) is 16.2. The third-order valence-corrected chi connectivity index (χ3v) is 5.31. The molecular formula is C22H28N2O2. The van der Waals surface area contributed by atoms with Crippen LogP contribution in [0.4, 0.5) is 5.69 Å². The van der Waals surface area contributed by atoms with Crippen molar-refractivity contribution < 1.29 is 9.53 Å². The molecule has 0 aliphatic carbocycles. The predicted octanol–water partition coefficient (Wildman–Crippen LogP) is 4.17. The first-order valence-corrected chi connectivity index (χ1v) is 9.44. The van der Waals surface area contributed by atoms with E-state index in [0.717, 1.165) is 43.9 Å². The molecule has 1 aliphatic heterocycles. The highest BCUT2D eigenvalue weighted by Gasteiger charge is 2.28. The van der Waals surface area contributed by atoms with Crippen LogP contribution < -0.4 is 9.64 Å². The molecule has 1 atom stereocenters. The van der Waals surface area contributed by atoms with Crippen molar-refractivity contribution >= 4 is 11.6 Å². The van der Waals surface area contributed by atoms with Gasteiger partial charge in [-0.05, 0) is 62.2 Å². The fourth-order valence-corrected chi connectivity index (χ4v) is 3.68.